The maximum atomic E-state index is 12.0. The minimum absolute atomic E-state index is 0.00142. The van der Waals surface area contributed by atoms with Crippen molar-refractivity contribution in [2.45, 2.75) is 51.5 Å². The van der Waals surface area contributed by atoms with E-state index < -0.39 is 5.97 Å². The highest BCUT2D eigenvalue weighted by molar-refractivity contribution is 5.81. The van der Waals surface area contributed by atoms with Gasteiger partial charge in [0.25, 0.3) is 0 Å². The van der Waals surface area contributed by atoms with Gasteiger partial charge in [0.15, 0.2) is 0 Å². The zero-order chi connectivity index (χ0) is 14.3. The second kappa shape index (κ2) is 8.15. The Labute approximate surface area is 115 Å². The van der Waals surface area contributed by atoms with Crippen LogP contribution in [-0.4, -0.2) is 48.1 Å². The zero-order valence-electron chi connectivity index (χ0n) is 12.0. The van der Waals surface area contributed by atoms with Crippen LogP contribution in [0, 0.1) is 5.92 Å². The average molecular weight is 270 g/mol. The number of likely N-dealkylation sites (N-methyl/N-ethyl adjacent to an activating group) is 1. The van der Waals surface area contributed by atoms with E-state index in [4.69, 9.17) is 5.11 Å². The van der Waals surface area contributed by atoms with Gasteiger partial charge in [-0.25, -0.2) is 0 Å². The van der Waals surface area contributed by atoms with Crippen molar-refractivity contribution in [3.63, 3.8) is 0 Å². The van der Waals surface area contributed by atoms with Crippen LogP contribution in [0.3, 0.4) is 0 Å². The van der Waals surface area contributed by atoms with E-state index >= 15 is 0 Å². The third-order valence-corrected chi connectivity index (χ3v) is 4.01. The van der Waals surface area contributed by atoms with E-state index in [0.717, 1.165) is 6.54 Å². The first kappa shape index (κ1) is 16.0. The Morgan fingerprint density at radius 2 is 1.95 bits per heavy atom. The number of carbonyl (C=O) groups is 2. The highest BCUT2D eigenvalue weighted by Gasteiger charge is 2.20. The first-order valence-electron chi connectivity index (χ1n) is 7.20. The molecule has 1 saturated carbocycles. The summed E-state index contributed by atoms with van der Waals surface area (Å²) >= 11 is 0. The van der Waals surface area contributed by atoms with E-state index in [1.54, 1.807) is 11.9 Å². The SMILES string of the molecule is CC(C(=O)NCC1CCCCC1)N(C)CCC(=O)O. The van der Waals surface area contributed by atoms with Crippen molar-refractivity contribution in [2.24, 2.45) is 5.92 Å². The van der Waals surface area contributed by atoms with Gasteiger partial charge in [0.2, 0.25) is 5.91 Å². The molecule has 1 amide bonds. The highest BCUT2D eigenvalue weighted by Crippen LogP contribution is 2.22. The number of rotatable bonds is 7. The summed E-state index contributed by atoms with van der Waals surface area (Å²) in [5, 5.41) is 11.6. The van der Waals surface area contributed by atoms with Crippen molar-refractivity contribution in [3.05, 3.63) is 0 Å². The van der Waals surface area contributed by atoms with E-state index in [9.17, 15) is 9.59 Å². The van der Waals surface area contributed by atoms with Crippen LogP contribution in [0.1, 0.15) is 45.4 Å². The van der Waals surface area contributed by atoms with Gasteiger partial charge in [-0.2, -0.15) is 0 Å². The molecule has 1 fully saturated rings. The number of aliphatic carboxylic acids is 1. The predicted octanol–water partition coefficient (Wildman–Crippen LogP) is 1.48. The molecule has 1 unspecified atom stereocenters. The van der Waals surface area contributed by atoms with Crippen molar-refractivity contribution >= 4 is 11.9 Å². The van der Waals surface area contributed by atoms with E-state index in [2.05, 4.69) is 5.32 Å². The van der Waals surface area contributed by atoms with Crippen LogP contribution in [-0.2, 0) is 9.59 Å². The molecular formula is C14H26N2O3. The molecule has 1 aliphatic carbocycles. The maximum Gasteiger partial charge on any atom is 0.304 e. The van der Waals surface area contributed by atoms with Gasteiger partial charge in [0, 0.05) is 13.1 Å². The summed E-state index contributed by atoms with van der Waals surface area (Å²) in [5.74, 6) is -0.214. The Morgan fingerprint density at radius 3 is 2.53 bits per heavy atom. The molecule has 0 radical (unpaired) electrons. The predicted molar refractivity (Wildman–Crippen MR) is 73.9 cm³/mol. The lowest BCUT2D eigenvalue weighted by atomic mass is 9.89. The maximum absolute atomic E-state index is 12.0. The third kappa shape index (κ3) is 6.05. The smallest absolute Gasteiger partial charge is 0.304 e. The molecule has 110 valence electrons. The van der Waals surface area contributed by atoms with Crippen molar-refractivity contribution in [2.75, 3.05) is 20.1 Å². The number of hydrogen-bond donors (Lipinski definition) is 2. The van der Waals surface area contributed by atoms with Gasteiger partial charge in [-0.3, -0.25) is 14.5 Å². The molecule has 0 heterocycles. The van der Waals surface area contributed by atoms with Crippen molar-refractivity contribution in [1.29, 1.82) is 0 Å². The lowest BCUT2D eigenvalue weighted by Gasteiger charge is -2.26. The summed E-state index contributed by atoms with van der Waals surface area (Å²) < 4.78 is 0. The van der Waals surface area contributed by atoms with Crippen LogP contribution in [0.25, 0.3) is 0 Å². The summed E-state index contributed by atoms with van der Waals surface area (Å²) in [7, 11) is 1.79. The van der Waals surface area contributed by atoms with E-state index in [0.29, 0.717) is 12.5 Å². The molecule has 5 nitrogen and oxygen atoms in total. The molecule has 0 saturated heterocycles. The Kier molecular flexibility index (Phi) is 6.84. The number of amides is 1. The quantitative estimate of drug-likeness (QED) is 0.735. The summed E-state index contributed by atoms with van der Waals surface area (Å²) in [6, 6.07) is -0.275. The van der Waals surface area contributed by atoms with Crippen LogP contribution in [0.15, 0.2) is 0 Å². The molecule has 0 aromatic carbocycles. The van der Waals surface area contributed by atoms with Gasteiger partial charge in [-0.05, 0) is 32.7 Å². The Balaban J connectivity index is 2.24. The number of carbonyl (C=O) groups excluding carboxylic acids is 1. The summed E-state index contributed by atoms with van der Waals surface area (Å²) in [6.07, 6.45) is 6.35. The van der Waals surface area contributed by atoms with Crippen LogP contribution in [0.2, 0.25) is 0 Å². The van der Waals surface area contributed by atoms with Crippen molar-refractivity contribution in [3.8, 4) is 0 Å². The molecule has 19 heavy (non-hydrogen) atoms. The standard InChI is InChI=1S/C14H26N2O3/c1-11(16(2)9-8-13(17)18)14(19)15-10-12-6-4-3-5-7-12/h11-12H,3-10H2,1-2H3,(H,15,19)(H,17,18). The molecule has 0 bridgehead atoms. The van der Waals surface area contributed by atoms with Crippen molar-refractivity contribution in [1.82, 2.24) is 10.2 Å². The van der Waals surface area contributed by atoms with Crippen LogP contribution < -0.4 is 5.32 Å². The molecule has 1 rings (SSSR count). The van der Waals surface area contributed by atoms with E-state index in [-0.39, 0.29) is 18.4 Å². The minimum atomic E-state index is -0.832. The number of hydrogen-bond acceptors (Lipinski definition) is 3. The highest BCUT2D eigenvalue weighted by atomic mass is 16.4. The zero-order valence-corrected chi connectivity index (χ0v) is 12.0. The largest absolute Gasteiger partial charge is 0.481 e. The van der Waals surface area contributed by atoms with Gasteiger partial charge in [-0.1, -0.05) is 19.3 Å². The van der Waals surface area contributed by atoms with E-state index in [1.807, 2.05) is 6.92 Å². The lowest BCUT2D eigenvalue weighted by molar-refractivity contribution is -0.138. The first-order chi connectivity index (χ1) is 9.00. The molecule has 0 aliphatic heterocycles. The van der Waals surface area contributed by atoms with Crippen LogP contribution >= 0.6 is 0 Å². The van der Waals surface area contributed by atoms with Crippen molar-refractivity contribution < 1.29 is 14.7 Å². The molecular weight excluding hydrogens is 244 g/mol. The fourth-order valence-corrected chi connectivity index (χ4v) is 2.45. The third-order valence-electron chi connectivity index (χ3n) is 4.01. The summed E-state index contributed by atoms with van der Waals surface area (Å²) in [5.41, 5.74) is 0. The number of carboxylic acid groups (broad SMARTS) is 1. The first-order valence-corrected chi connectivity index (χ1v) is 7.20. The monoisotopic (exact) mass is 270 g/mol. The van der Waals surface area contributed by atoms with Gasteiger partial charge < -0.3 is 10.4 Å². The Hall–Kier alpha value is -1.10. The molecule has 5 heteroatoms. The minimum Gasteiger partial charge on any atom is -0.481 e. The molecule has 0 aromatic rings. The average Bonchev–Trinajstić information content (AvgIpc) is 2.42. The topological polar surface area (TPSA) is 69.6 Å². The van der Waals surface area contributed by atoms with Crippen LogP contribution in [0.4, 0.5) is 0 Å². The molecule has 0 aromatic heterocycles. The van der Waals surface area contributed by atoms with E-state index in [1.165, 1.54) is 32.1 Å². The second-order valence-corrected chi connectivity index (χ2v) is 5.55. The fourth-order valence-electron chi connectivity index (χ4n) is 2.45. The second-order valence-electron chi connectivity index (χ2n) is 5.55. The fraction of sp³-hybridized carbons (Fsp3) is 0.857. The summed E-state index contributed by atoms with van der Waals surface area (Å²) in [6.45, 7) is 2.97. The van der Waals surface area contributed by atoms with Gasteiger partial charge >= 0.3 is 5.97 Å². The lowest BCUT2D eigenvalue weighted by Crippen LogP contribution is -2.45. The normalized spacial score (nSPS) is 18.3. The number of nitrogens with one attached hydrogen (secondary N) is 1. The molecule has 1 aliphatic rings. The van der Waals surface area contributed by atoms with Crippen LogP contribution in [0.5, 0.6) is 0 Å². The Morgan fingerprint density at radius 1 is 1.32 bits per heavy atom. The van der Waals surface area contributed by atoms with Gasteiger partial charge in [-0.15, -0.1) is 0 Å². The Bertz CT molecular complexity index is 301. The molecule has 2 N–H and O–H groups in total. The number of carboxylic acids is 1. The summed E-state index contributed by atoms with van der Waals surface area (Å²) in [4.78, 5) is 24.3. The number of nitrogens with zero attached hydrogens (tertiary/aromatic N) is 1. The molecule has 1 atom stereocenters. The van der Waals surface area contributed by atoms with Gasteiger partial charge in [0.05, 0.1) is 12.5 Å². The molecule has 0 spiro atoms. The van der Waals surface area contributed by atoms with Gasteiger partial charge in [0.1, 0.15) is 0 Å².